The van der Waals surface area contributed by atoms with Gasteiger partial charge in [0, 0.05) is 31.7 Å². The van der Waals surface area contributed by atoms with E-state index in [4.69, 9.17) is 0 Å². The number of rotatable bonds is 7. The molecule has 1 fully saturated rings. The third kappa shape index (κ3) is 4.07. The number of carbonyl (C=O) groups excluding carboxylic acids is 2. The third-order valence-corrected chi connectivity index (χ3v) is 3.96. The Morgan fingerprint density at radius 3 is 2.64 bits per heavy atom. The number of carbonyl (C=O) groups is 2. The summed E-state index contributed by atoms with van der Waals surface area (Å²) in [4.78, 5) is 25.9. The van der Waals surface area contributed by atoms with E-state index in [1.807, 2.05) is 19.2 Å². The molecule has 1 saturated heterocycles. The van der Waals surface area contributed by atoms with Gasteiger partial charge in [0.25, 0.3) is 0 Å². The Balaban J connectivity index is 1.95. The van der Waals surface area contributed by atoms with Crippen LogP contribution < -0.4 is 15.5 Å². The maximum atomic E-state index is 12.2. The van der Waals surface area contributed by atoms with Gasteiger partial charge in [0.05, 0.1) is 5.92 Å². The molecule has 1 aliphatic rings. The Morgan fingerprint density at radius 2 is 2.00 bits per heavy atom. The predicted octanol–water partition coefficient (Wildman–Crippen LogP) is 1.33. The van der Waals surface area contributed by atoms with E-state index in [2.05, 4.69) is 29.7 Å². The number of amides is 2. The van der Waals surface area contributed by atoms with Crippen molar-refractivity contribution in [2.75, 3.05) is 31.6 Å². The zero-order chi connectivity index (χ0) is 15.9. The predicted molar refractivity (Wildman–Crippen MR) is 87.8 cm³/mol. The van der Waals surface area contributed by atoms with Gasteiger partial charge in [0.1, 0.15) is 0 Å². The summed E-state index contributed by atoms with van der Waals surface area (Å²) >= 11 is 0. The molecule has 1 aliphatic heterocycles. The minimum Gasteiger partial charge on any atom is -0.355 e. The van der Waals surface area contributed by atoms with Crippen molar-refractivity contribution in [2.45, 2.75) is 26.2 Å². The Morgan fingerprint density at radius 1 is 1.27 bits per heavy atom. The summed E-state index contributed by atoms with van der Waals surface area (Å²) in [7, 11) is 1.84. The van der Waals surface area contributed by atoms with Gasteiger partial charge in [-0.15, -0.1) is 0 Å². The van der Waals surface area contributed by atoms with Gasteiger partial charge in [0.15, 0.2) is 0 Å². The molecule has 0 bridgehead atoms. The minimum atomic E-state index is -0.250. The van der Waals surface area contributed by atoms with Gasteiger partial charge in [-0.05, 0) is 31.2 Å². The number of nitrogens with one attached hydrogen (secondary N) is 2. The van der Waals surface area contributed by atoms with Gasteiger partial charge < -0.3 is 15.5 Å². The molecule has 1 aromatic carbocycles. The Hall–Kier alpha value is -1.88. The van der Waals surface area contributed by atoms with Gasteiger partial charge in [-0.1, -0.05) is 25.5 Å². The average molecular weight is 303 g/mol. The maximum Gasteiger partial charge on any atom is 0.227 e. The highest BCUT2D eigenvalue weighted by molar-refractivity contribution is 6.00. The normalized spacial score (nSPS) is 17.8. The van der Waals surface area contributed by atoms with E-state index in [-0.39, 0.29) is 17.7 Å². The summed E-state index contributed by atoms with van der Waals surface area (Å²) in [5.41, 5.74) is 2.16. The lowest BCUT2D eigenvalue weighted by Gasteiger charge is -2.17. The molecular formula is C17H25N3O2. The second-order valence-electron chi connectivity index (χ2n) is 5.72. The van der Waals surface area contributed by atoms with Crippen LogP contribution in [-0.2, 0) is 16.0 Å². The van der Waals surface area contributed by atoms with Crippen LogP contribution >= 0.6 is 0 Å². The van der Waals surface area contributed by atoms with Crippen LogP contribution in [0, 0.1) is 5.92 Å². The van der Waals surface area contributed by atoms with Crippen LogP contribution in [0.1, 0.15) is 25.3 Å². The van der Waals surface area contributed by atoms with Crippen LogP contribution in [0.15, 0.2) is 24.3 Å². The number of benzene rings is 1. The molecule has 5 nitrogen and oxygen atoms in total. The van der Waals surface area contributed by atoms with Crippen molar-refractivity contribution >= 4 is 17.5 Å². The minimum absolute atomic E-state index is 0.0250. The summed E-state index contributed by atoms with van der Waals surface area (Å²) < 4.78 is 0. The standard InChI is InChI=1S/C17H25N3O2/c1-3-4-13-5-7-15(8-6-13)20-12-14(11-16(20)21)17(22)19-10-9-18-2/h5-8,14,18H,3-4,9-12H2,1-2H3,(H,19,22). The fourth-order valence-electron chi connectivity index (χ4n) is 2.72. The molecule has 0 saturated carbocycles. The molecule has 120 valence electrons. The van der Waals surface area contributed by atoms with Crippen molar-refractivity contribution in [3.63, 3.8) is 0 Å². The zero-order valence-electron chi connectivity index (χ0n) is 13.4. The zero-order valence-corrected chi connectivity index (χ0v) is 13.4. The van der Waals surface area contributed by atoms with E-state index >= 15 is 0 Å². The first-order chi connectivity index (χ1) is 10.7. The number of aryl methyl sites for hydroxylation is 1. The fraction of sp³-hybridized carbons (Fsp3) is 0.529. The van der Waals surface area contributed by atoms with Crippen molar-refractivity contribution in [2.24, 2.45) is 5.92 Å². The number of nitrogens with zero attached hydrogens (tertiary/aromatic N) is 1. The molecule has 5 heteroatoms. The van der Waals surface area contributed by atoms with E-state index < -0.39 is 0 Å². The SMILES string of the molecule is CCCc1ccc(N2CC(C(=O)NCCNC)CC2=O)cc1. The van der Waals surface area contributed by atoms with Gasteiger partial charge in [-0.25, -0.2) is 0 Å². The lowest BCUT2D eigenvalue weighted by molar-refractivity contribution is -0.126. The van der Waals surface area contributed by atoms with Crippen LogP contribution in [0.5, 0.6) is 0 Å². The summed E-state index contributed by atoms with van der Waals surface area (Å²) in [6.45, 7) is 3.94. The first-order valence-corrected chi connectivity index (χ1v) is 7.97. The molecule has 22 heavy (non-hydrogen) atoms. The highest BCUT2D eigenvalue weighted by Crippen LogP contribution is 2.25. The van der Waals surface area contributed by atoms with Gasteiger partial charge in [-0.3, -0.25) is 9.59 Å². The summed E-state index contributed by atoms with van der Waals surface area (Å²) in [6, 6.07) is 8.08. The topological polar surface area (TPSA) is 61.4 Å². The third-order valence-electron chi connectivity index (χ3n) is 3.96. The number of likely N-dealkylation sites (N-methyl/N-ethyl adjacent to an activating group) is 1. The Kier molecular flexibility index (Phi) is 5.95. The summed E-state index contributed by atoms with van der Waals surface area (Å²) in [5, 5.41) is 5.84. The summed E-state index contributed by atoms with van der Waals surface area (Å²) in [6.07, 6.45) is 2.45. The van der Waals surface area contributed by atoms with Crippen LogP contribution in [0.25, 0.3) is 0 Å². The van der Waals surface area contributed by atoms with Gasteiger partial charge in [-0.2, -0.15) is 0 Å². The number of anilines is 1. The molecule has 0 radical (unpaired) electrons. The Bertz CT molecular complexity index is 513. The molecule has 2 amide bonds. The fourth-order valence-corrected chi connectivity index (χ4v) is 2.72. The molecule has 1 atom stereocenters. The van der Waals surface area contributed by atoms with Gasteiger partial charge >= 0.3 is 0 Å². The van der Waals surface area contributed by atoms with Crippen LogP contribution in [0.3, 0.4) is 0 Å². The quantitative estimate of drug-likeness (QED) is 0.747. The smallest absolute Gasteiger partial charge is 0.227 e. The number of hydrogen-bond donors (Lipinski definition) is 2. The van der Waals surface area contributed by atoms with E-state index in [1.165, 1.54) is 5.56 Å². The van der Waals surface area contributed by atoms with Crippen LogP contribution in [0.4, 0.5) is 5.69 Å². The van der Waals surface area contributed by atoms with Crippen molar-refractivity contribution < 1.29 is 9.59 Å². The molecule has 1 unspecified atom stereocenters. The number of hydrogen-bond acceptors (Lipinski definition) is 3. The van der Waals surface area contributed by atoms with Gasteiger partial charge in [0.2, 0.25) is 11.8 Å². The van der Waals surface area contributed by atoms with Crippen molar-refractivity contribution in [3.05, 3.63) is 29.8 Å². The van der Waals surface area contributed by atoms with Crippen molar-refractivity contribution in [3.8, 4) is 0 Å². The van der Waals surface area contributed by atoms with E-state index in [9.17, 15) is 9.59 Å². The molecular weight excluding hydrogens is 278 g/mol. The van der Waals surface area contributed by atoms with E-state index in [0.717, 1.165) is 25.1 Å². The Labute approximate surface area is 132 Å². The summed E-state index contributed by atoms with van der Waals surface area (Å²) in [5.74, 6) is -0.259. The first kappa shape index (κ1) is 16.5. The van der Waals surface area contributed by atoms with Crippen molar-refractivity contribution in [1.29, 1.82) is 0 Å². The molecule has 1 heterocycles. The van der Waals surface area contributed by atoms with E-state index in [1.54, 1.807) is 4.90 Å². The molecule has 0 aromatic heterocycles. The highest BCUT2D eigenvalue weighted by Gasteiger charge is 2.34. The van der Waals surface area contributed by atoms with E-state index in [0.29, 0.717) is 19.5 Å². The largest absolute Gasteiger partial charge is 0.355 e. The second kappa shape index (κ2) is 7.94. The molecule has 0 spiro atoms. The van der Waals surface area contributed by atoms with Crippen molar-refractivity contribution in [1.82, 2.24) is 10.6 Å². The molecule has 2 N–H and O–H groups in total. The van der Waals surface area contributed by atoms with Crippen LogP contribution in [0.2, 0.25) is 0 Å². The lowest BCUT2D eigenvalue weighted by Crippen LogP contribution is -2.36. The highest BCUT2D eigenvalue weighted by atomic mass is 16.2. The second-order valence-corrected chi connectivity index (χ2v) is 5.72. The molecule has 0 aliphatic carbocycles. The molecule has 2 rings (SSSR count). The maximum absolute atomic E-state index is 12.2. The molecule has 1 aromatic rings. The lowest BCUT2D eigenvalue weighted by atomic mass is 10.1. The monoisotopic (exact) mass is 303 g/mol. The van der Waals surface area contributed by atoms with Crippen LogP contribution in [-0.4, -0.2) is 38.5 Å². The average Bonchev–Trinajstić information content (AvgIpc) is 2.91. The first-order valence-electron chi connectivity index (χ1n) is 7.97.